The molecule has 2 saturated heterocycles. The standard InChI is InChI=1S/C18H24N8O2/c1-11-9-27-7-5-25(11)17-14-16(21-15(20-14)13-3-4-19-24-13)22-18(23-17)26-6-8-28-10-12(26)2/h3-4,11-12H,5-10H2,1-2H3,(H,19,24)(H,20,21,22,23). The van der Waals surface area contributed by atoms with Gasteiger partial charge in [0.2, 0.25) is 5.95 Å². The third-order valence-corrected chi connectivity index (χ3v) is 5.32. The molecule has 2 aliphatic heterocycles. The number of hydrogen-bond acceptors (Lipinski definition) is 8. The molecule has 2 N–H and O–H groups in total. The van der Waals surface area contributed by atoms with Crippen LogP contribution in [0, 0.1) is 0 Å². The van der Waals surface area contributed by atoms with Gasteiger partial charge in [0.05, 0.1) is 38.5 Å². The fourth-order valence-corrected chi connectivity index (χ4v) is 3.78. The SMILES string of the molecule is CC1COCCN1c1nc(N2CCOCC2C)c2nc(-c3cc[nH]n3)[nH]c2n1. The number of morpholine rings is 2. The van der Waals surface area contributed by atoms with E-state index in [0.717, 1.165) is 35.8 Å². The summed E-state index contributed by atoms with van der Waals surface area (Å²) >= 11 is 0. The van der Waals surface area contributed by atoms with Crippen LogP contribution in [-0.4, -0.2) is 81.7 Å². The molecule has 0 aromatic carbocycles. The van der Waals surface area contributed by atoms with Crippen molar-refractivity contribution in [3.63, 3.8) is 0 Å². The van der Waals surface area contributed by atoms with Gasteiger partial charge >= 0.3 is 0 Å². The van der Waals surface area contributed by atoms with Crippen molar-refractivity contribution in [1.29, 1.82) is 0 Å². The first-order chi connectivity index (χ1) is 13.7. The van der Waals surface area contributed by atoms with E-state index in [1.165, 1.54) is 0 Å². The van der Waals surface area contributed by atoms with Crippen LogP contribution in [0.1, 0.15) is 13.8 Å². The number of rotatable bonds is 3. The van der Waals surface area contributed by atoms with E-state index in [2.05, 4.69) is 38.8 Å². The summed E-state index contributed by atoms with van der Waals surface area (Å²) in [6.07, 6.45) is 1.78. The first-order valence-electron chi connectivity index (χ1n) is 9.67. The third kappa shape index (κ3) is 2.98. The molecule has 5 heterocycles. The number of H-pyrrole nitrogens is 2. The lowest BCUT2D eigenvalue weighted by Gasteiger charge is -2.36. The molecule has 3 aromatic heterocycles. The second kappa shape index (κ2) is 7.02. The number of aromatic nitrogens is 6. The minimum Gasteiger partial charge on any atom is -0.377 e. The molecule has 2 unspecified atom stereocenters. The highest BCUT2D eigenvalue weighted by molar-refractivity contribution is 5.87. The summed E-state index contributed by atoms with van der Waals surface area (Å²) in [6.45, 7) is 8.52. The number of imidazole rings is 1. The molecule has 5 rings (SSSR count). The van der Waals surface area contributed by atoms with E-state index < -0.39 is 0 Å². The topological polar surface area (TPSA) is 108 Å². The summed E-state index contributed by atoms with van der Waals surface area (Å²) in [5.41, 5.74) is 2.23. The van der Waals surface area contributed by atoms with Crippen molar-refractivity contribution in [2.45, 2.75) is 25.9 Å². The van der Waals surface area contributed by atoms with Crippen molar-refractivity contribution in [3.05, 3.63) is 12.3 Å². The Kier molecular flexibility index (Phi) is 4.36. The second-order valence-electron chi connectivity index (χ2n) is 7.32. The highest BCUT2D eigenvalue weighted by atomic mass is 16.5. The average molecular weight is 384 g/mol. The van der Waals surface area contributed by atoms with Crippen molar-refractivity contribution in [2.24, 2.45) is 0 Å². The Morgan fingerprint density at radius 2 is 1.75 bits per heavy atom. The van der Waals surface area contributed by atoms with Gasteiger partial charge in [-0.05, 0) is 19.9 Å². The van der Waals surface area contributed by atoms with Crippen LogP contribution in [0.15, 0.2) is 12.3 Å². The number of ether oxygens (including phenoxy) is 2. The Morgan fingerprint density at radius 1 is 1.00 bits per heavy atom. The normalized spacial score (nSPS) is 23.5. The average Bonchev–Trinajstić information content (AvgIpc) is 3.37. The van der Waals surface area contributed by atoms with Crippen LogP contribution in [0.2, 0.25) is 0 Å². The Balaban J connectivity index is 1.65. The van der Waals surface area contributed by atoms with Gasteiger partial charge in [0.1, 0.15) is 5.69 Å². The molecule has 0 spiro atoms. The van der Waals surface area contributed by atoms with Gasteiger partial charge in [0, 0.05) is 19.3 Å². The molecule has 0 radical (unpaired) electrons. The summed E-state index contributed by atoms with van der Waals surface area (Å²) in [5.74, 6) is 2.22. The van der Waals surface area contributed by atoms with Crippen molar-refractivity contribution in [3.8, 4) is 11.5 Å². The van der Waals surface area contributed by atoms with Gasteiger partial charge < -0.3 is 24.3 Å². The molecule has 2 fully saturated rings. The zero-order chi connectivity index (χ0) is 19.1. The van der Waals surface area contributed by atoms with E-state index in [4.69, 9.17) is 24.4 Å². The van der Waals surface area contributed by atoms with Crippen molar-refractivity contribution >= 4 is 22.9 Å². The first-order valence-corrected chi connectivity index (χ1v) is 9.67. The molecule has 3 aromatic rings. The van der Waals surface area contributed by atoms with Crippen molar-refractivity contribution < 1.29 is 9.47 Å². The minimum atomic E-state index is 0.215. The van der Waals surface area contributed by atoms with Crippen LogP contribution in [0.4, 0.5) is 11.8 Å². The van der Waals surface area contributed by atoms with Gasteiger partial charge in [-0.2, -0.15) is 15.1 Å². The zero-order valence-corrected chi connectivity index (χ0v) is 16.1. The smallest absolute Gasteiger partial charge is 0.229 e. The van der Waals surface area contributed by atoms with Crippen LogP contribution in [0.3, 0.4) is 0 Å². The second-order valence-corrected chi connectivity index (χ2v) is 7.32. The molecule has 2 aliphatic rings. The Morgan fingerprint density at radius 3 is 2.43 bits per heavy atom. The van der Waals surface area contributed by atoms with E-state index in [-0.39, 0.29) is 12.1 Å². The molecular weight excluding hydrogens is 360 g/mol. The lowest BCUT2D eigenvalue weighted by atomic mass is 10.2. The molecule has 10 heteroatoms. The van der Waals surface area contributed by atoms with Crippen molar-refractivity contribution in [2.75, 3.05) is 49.3 Å². The van der Waals surface area contributed by atoms with E-state index in [9.17, 15) is 0 Å². The van der Waals surface area contributed by atoms with Crippen LogP contribution in [0.25, 0.3) is 22.7 Å². The fraction of sp³-hybridized carbons (Fsp3) is 0.556. The number of nitrogens with zero attached hydrogens (tertiary/aromatic N) is 6. The van der Waals surface area contributed by atoms with Gasteiger partial charge in [-0.25, -0.2) is 4.98 Å². The number of fused-ring (bicyclic) bond motifs is 1. The molecule has 2 atom stereocenters. The highest BCUT2D eigenvalue weighted by Crippen LogP contribution is 2.30. The third-order valence-electron chi connectivity index (χ3n) is 5.32. The largest absolute Gasteiger partial charge is 0.377 e. The highest BCUT2D eigenvalue weighted by Gasteiger charge is 2.28. The molecule has 0 aliphatic carbocycles. The molecule has 28 heavy (non-hydrogen) atoms. The van der Waals surface area contributed by atoms with Crippen LogP contribution < -0.4 is 9.80 Å². The lowest BCUT2D eigenvalue weighted by Crippen LogP contribution is -2.46. The van der Waals surface area contributed by atoms with Gasteiger partial charge in [-0.1, -0.05) is 0 Å². The fourth-order valence-electron chi connectivity index (χ4n) is 3.78. The Bertz CT molecular complexity index is 956. The van der Waals surface area contributed by atoms with E-state index >= 15 is 0 Å². The lowest BCUT2D eigenvalue weighted by molar-refractivity contribution is 0.0973. The van der Waals surface area contributed by atoms with E-state index in [1.54, 1.807) is 6.20 Å². The molecule has 148 valence electrons. The van der Waals surface area contributed by atoms with Crippen molar-refractivity contribution in [1.82, 2.24) is 30.1 Å². The summed E-state index contributed by atoms with van der Waals surface area (Å²) < 4.78 is 11.2. The predicted molar refractivity (Wildman–Crippen MR) is 105 cm³/mol. The molecule has 10 nitrogen and oxygen atoms in total. The van der Waals surface area contributed by atoms with Gasteiger partial charge in [0.15, 0.2) is 22.8 Å². The maximum atomic E-state index is 5.62. The Labute approximate surface area is 162 Å². The van der Waals surface area contributed by atoms with Crippen LogP contribution in [-0.2, 0) is 9.47 Å². The molecule has 0 saturated carbocycles. The monoisotopic (exact) mass is 384 g/mol. The van der Waals surface area contributed by atoms with Crippen LogP contribution in [0.5, 0.6) is 0 Å². The predicted octanol–water partition coefficient (Wildman–Crippen LogP) is 1.19. The number of anilines is 2. The number of nitrogens with one attached hydrogen (secondary N) is 2. The maximum absolute atomic E-state index is 5.62. The van der Waals surface area contributed by atoms with Gasteiger partial charge in [0.25, 0.3) is 0 Å². The maximum Gasteiger partial charge on any atom is 0.229 e. The molecule has 0 bridgehead atoms. The molecule has 0 amide bonds. The summed E-state index contributed by atoms with van der Waals surface area (Å²) in [7, 11) is 0. The van der Waals surface area contributed by atoms with E-state index in [1.807, 2.05) is 6.07 Å². The van der Waals surface area contributed by atoms with Crippen LogP contribution >= 0.6 is 0 Å². The summed E-state index contributed by atoms with van der Waals surface area (Å²) in [6, 6.07) is 2.31. The zero-order valence-electron chi connectivity index (χ0n) is 16.1. The quantitative estimate of drug-likeness (QED) is 0.693. The van der Waals surface area contributed by atoms with Gasteiger partial charge in [-0.15, -0.1) is 0 Å². The minimum absolute atomic E-state index is 0.215. The Hall–Kier alpha value is -2.72. The molecular formula is C18H24N8O2. The number of aromatic amines is 2. The van der Waals surface area contributed by atoms with E-state index in [0.29, 0.717) is 38.2 Å². The first kappa shape index (κ1) is 17.4. The number of hydrogen-bond donors (Lipinski definition) is 2. The van der Waals surface area contributed by atoms with Gasteiger partial charge in [-0.3, -0.25) is 5.10 Å². The summed E-state index contributed by atoms with van der Waals surface area (Å²) in [5, 5.41) is 7.07. The summed E-state index contributed by atoms with van der Waals surface area (Å²) in [4.78, 5) is 22.3.